The number of unbranched alkanes of at least 4 members (excludes halogenated alkanes) is 50. The SMILES string of the molecule is CCCCCCCCCCOC(CCCCCCCCCCCCCC=CC(OC)OC(C=CCCCCCCCCCCCCCC(OCCCCCCCCCC)OCCCCCCCCCC)OC)OCCCCCCCCCC. The van der Waals surface area contributed by atoms with Crippen molar-refractivity contribution in [2.24, 2.45) is 0 Å². The van der Waals surface area contributed by atoms with E-state index in [-0.39, 0.29) is 12.6 Å². The quantitative estimate of drug-likeness (QED) is 0.0342. The van der Waals surface area contributed by atoms with Gasteiger partial charge in [-0.25, -0.2) is 0 Å². The van der Waals surface area contributed by atoms with Gasteiger partial charge in [0.2, 0.25) is 0 Å². The molecule has 7 heteroatoms. The summed E-state index contributed by atoms with van der Waals surface area (Å²) < 4.78 is 42.6. The van der Waals surface area contributed by atoms with Crippen LogP contribution >= 0.6 is 0 Å². The number of hydrogen-bond donors (Lipinski definition) is 0. The molecule has 0 aromatic carbocycles. The highest BCUT2D eigenvalue weighted by Gasteiger charge is 2.13. The highest BCUT2D eigenvalue weighted by molar-refractivity contribution is 4.89. The maximum Gasteiger partial charge on any atom is 0.179 e. The van der Waals surface area contributed by atoms with Crippen LogP contribution in [0, 0.1) is 0 Å². The van der Waals surface area contributed by atoms with E-state index in [0.29, 0.717) is 0 Å². The van der Waals surface area contributed by atoms with Gasteiger partial charge in [0.15, 0.2) is 25.2 Å². The lowest BCUT2D eigenvalue weighted by Gasteiger charge is -2.19. The van der Waals surface area contributed by atoms with Crippen LogP contribution in [0.5, 0.6) is 0 Å². The van der Waals surface area contributed by atoms with Crippen LogP contribution < -0.4 is 0 Å². The van der Waals surface area contributed by atoms with Crippen molar-refractivity contribution in [2.75, 3.05) is 40.6 Å². The van der Waals surface area contributed by atoms with Crippen molar-refractivity contribution in [1.29, 1.82) is 0 Å². The fraction of sp³-hybridized carbons (Fsp3) is 0.947. The predicted molar refractivity (Wildman–Crippen MR) is 363 cm³/mol. The molecule has 0 aliphatic heterocycles. The summed E-state index contributed by atoms with van der Waals surface area (Å²) in [6.07, 6.45) is 84.1. The average Bonchev–Trinajstić information content (AvgIpc) is 3.49. The van der Waals surface area contributed by atoms with Crippen LogP contribution in [0.1, 0.15) is 400 Å². The van der Waals surface area contributed by atoms with E-state index in [1.165, 1.54) is 347 Å². The third-order valence-electron chi connectivity index (χ3n) is 17.1. The number of hydrogen-bond acceptors (Lipinski definition) is 7. The number of methoxy groups -OCH3 is 2. The Labute approximate surface area is 521 Å². The monoisotopic (exact) mass is 1180 g/mol. The Bertz CT molecular complexity index is 1080. The molecule has 2 atom stereocenters. The first kappa shape index (κ1) is 82.2. The lowest BCUT2D eigenvalue weighted by molar-refractivity contribution is -0.188. The van der Waals surface area contributed by atoms with E-state index in [1.807, 2.05) is 0 Å². The number of allylic oxidation sites excluding steroid dienone is 2. The molecule has 0 heterocycles. The van der Waals surface area contributed by atoms with Gasteiger partial charge in [-0.15, -0.1) is 0 Å². The van der Waals surface area contributed by atoms with E-state index in [1.54, 1.807) is 14.2 Å². The van der Waals surface area contributed by atoms with Crippen molar-refractivity contribution in [3.63, 3.8) is 0 Å². The second kappa shape index (κ2) is 73.7. The predicted octanol–water partition coefficient (Wildman–Crippen LogP) is 25.5. The van der Waals surface area contributed by atoms with Crippen molar-refractivity contribution < 1.29 is 33.2 Å². The summed E-state index contributed by atoms with van der Waals surface area (Å²) in [5.41, 5.74) is 0. The van der Waals surface area contributed by atoms with E-state index < -0.39 is 12.6 Å². The first-order valence-corrected chi connectivity index (χ1v) is 37.7. The molecule has 0 saturated heterocycles. The van der Waals surface area contributed by atoms with E-state index >= 15 is 0 Å². The van der Waals surface area contributed by atoms with Gasteiger partial charge >= 0.3 is 0 Å². The molecule has 0 saturated carbocycles. The Kier molecular flexibility index (Phi) is 73.0. The van der Waals surface area contributed by atoms with Gasteiger partial charge in [-0.3, -0.25) is 0 Å². The van der Waals surface area contributed by atoms with Crippen LogP contribution in [0.2, 0.25) is 0 Å². The first-order chi connectivity index (χ1) is 41.1. The van der Waals surface area contributed by atoms with Crippen LogP contribution in [0.15, 0.2) is 24.3 Å². The third-order valence-corrected chi connectivity index (χ3v) is 17.1. The molecule has 7 nitrogen and oxygen atoms in total. The van der Waals surface area contributed by atoms with Gasteiger partial charge in [0, 0.05) is 40.6 Å². The fourth-order valence-electron chi connectivity index (χ4n) is 11.5. The first-order valence-electron chi connectivity index (χ1n) is 37.7. The van der Waals surface area contributed by atoms with Crippen LogP contribution in [0.25, 0.3) is 0 Å². The van der Waals surface area contributed by atoms with Crippen molar-refractivity contribution >= 4 is 0 Å². The van der Waals surface area contributed by atoms with Gasteiger partial charge in [-0.2, -0.15) is 0 Å². The Balaban J connectivity index is 4.04. The van der Waals surface area contributed by atoms with Gasteiger partial charge in [-0.1, -0.05) is 335 Å². The summed E-state index contributed by atoms with van der Waals surface area (Å²) in [6.45, 7) is 12.6. The van der Waals surface area contributed by atoms with Crippen LogP contribution in [0.3, 0.4) is 0 Å². The molecule has 496 valence electrons. The molecule has 0 aromatic heterocycles. The van der Waals surface area contributed by atoms with E-state index in [0.717, 1.165) is 52.1 Å². The molecule has 0 aromatic rings. The zero-order valence-electron chi connectivity index (χ0n) is 57.3. The average molecular weight is 1180 g/mol. The van der Waals surface area contributed by atoms with Gasteiger partial charge < -0.3 is 33.2 Å². The highest BCUT2D eigenvalue weighted by Crippen LogP contribution is 2.20. The maximum atomic E-state index is 6.32. The lowest BCUT2D eigenvalue weighted by atomic mass is 10.0. The van der Waals surface area contributed by atoms with Crippen LogP contribution in [0.4, 0.5) is 0 Å². The van der Waals surface area contributed by atoms with E-state index in [4.69, 9.17) is 33.2 Å². The number of ether oxygens (including phenoxy) is 7. The minimum absolute atomic E-state index is 0.00247. The highest BCUT2D eigenvalue weighted by atomic mass is 16.8. The Morgan fingerprint density at radius 2 is 0.422 bits per heavy atom. The molecule has 0 fully saturated rings. The minimum Gasteiger partial charge on any atom is -0.353 e. The van der Waals surface area contributed by atoms with Crippen LogP contribution in [-0.2, 0) is 33.2 Å². The van der Waals surface area contributed by atoms with Crippen molar-refractivity contribution in [3.05, 3.63) is 24.3 Å². The minimum atomic E-state index is -0.392. The summed E-state index contributed by atoms with van der Waals surface area (Å²) in [6, 6.07) is 0. The molecule has 0 aliphatic rings. The summed E-state index contributed by atoms with van der Waals surface area (Å²) in [7, 11) is 3.43. The van der Waals surface area contributed by atoms with Gasteiger partial charge in [0.1, 0.15) is 0 Å². The summed E-state index contributed by atoms with van der Waals surface area (Å²) in [4.78, 5) is 0. The zero-order chi connectivity index (χ0) is 59.9. The molecule has 0 bridgehead atoms. The maximum absolute atomic E-state index is 6.32. The molecule has 0 aliphatic carbocycles. The summed E-state index contributed by atoms with van der Waals surface area (Å²) in [5.74, 6) is 0. The normalized spacial score (nSPS) is 12.9. The van der Waals surface area contributed by atoms with Crippen molar-refractivity contribution in [3.8, 4) is 0 Å². The standard InChI is InChI=1S/C76H150O7/c1-7-11-15-19-23-45-53-61-69-79-75(80-70-62-54-46-24-20-16-12-8-2)67-59-51-43-39-35-31-27-29-33-37-41-49-57-65-73(77-5)83-74(78-6)66-58-50-42-38-34-30-28-32-36-40-44-52-60-68-76(81-71-63-55-47-25-21-17-13-9-3)82-72-64-56-48-26-22-18-14-10-4/h57-58,65-66,73-76H,7-56,59-64,67-72H2,1-6H3. The molecular formula is C76H150O7. The molecule has 83 heavy (non-hydrogen) atoms. The Morgan fingerprint density at radius 1 is 0.229 bits per heavy atom. The second-order valence-corrected chi connectivity index (χ2v) is 25.4. The summed E-state index contributed by atoms with van der Waals surface area (Å²) >= 11 is 0. The van der Waals surface area contributed by atoms with E-state index in [9.17, 15) is 0 Å². The lowest BCUT2D eigenvalue weighted by Crippen LogP contribution is -2.22. The Morgan fingerprint density at radius 3 is 0.639 bits per heavy atom. The topological polar surface area (TPSA) is 64.6 Å². The number of rotatable bonds is 74. The molecule has 0 rings (SSSR count). The Hall–Kier alpha value is -0.800. The smallest absolute Gasteiger partial charge is 0.179 e. The fourth-order valence-corrected chi connectivity index (χ4v) is 11.5. The van der Waals surface area contributed by atoms with Crippen molar-refractivity contribution in [2.45, 2.75) is 425 Å². The largest absolute Gasteiger partial charge is 0.353 e. The van der Waals surface area contributed by atoms with Gasteiger partial charge in [-0.05, 0) is 89.2 Å². The summed E-state index contributed by atoms with van der Waals surface area (Å²) in [5, 5.41) is 0. The van der Waals surface area contributed by atoms with Crippen LogP contribution in [-0.4, -0.2) is 65.8 Å². The molecule has 0 radical (unpaired) electrons. The molecule has 0 N–H and O–H groups in total. The van der Waals surface area contributed by atoms with Crippen molar-refractivity contribution in [1.82, 2.24) is 0 Å². The van der Waals surface area contributed by atoms with E-state index in [2.05, 4.69) is 52.0 Å². The van der Waals surface area contributed by atoms with Gasteiger partial charge in [0.25, 0.3) is 0 Å². The molecular weight excluding hydrogens is 1020 g/mol. The second-order valence-electron chi connectivity index (χ2n) is 25.4. The molecule has 0 spiro atoms. The van der Waals surface area contributed by atoms with Gasteiger partial charge in [0.05, 0.1) is 0 Å². The molecule has 0 amide bonds. The molecule has 2 unspecified atom stereocenters. The third kappa shape index (κ3) is 67.0. The zero-order valence-corrected chi connectivity index (χ0v) is 57.3.